The van der Waals surface area contributed by atoms with E-state index in [1.165, 1.54) is 59.9 Å². The zero-order chi connectivity index (χ0) is 28.2. The van der Waals surface area contributed by atoms with E-state index in [9.17, 15) is 31.5 Å². The van der Waals surface area contributed by atoms with Crippen molar-refractivity contribution in [3.63, 3.8) is 0 Å². The minimum absolute atomic E-state index is 0.0951. The molecule has 204 valence electrons. The van der Waals surface area contributed by atoms with Crippen molar-refractivity contribution in [2.24, 2.45) is 0 Å². The van der Waals surface area contributed by atoms with E-state index in [1.54, 1.807) is 19.1 Å². The maximum Gasteiger partial charge on any atom is 0.573 e. The maximum atomic E-state index is 12.7. The van der Waals surface area contributed by atoms with Crippen molar-refractivity contribution in [2.75, 3.05) is 11.3 Å². The number of hydrogen-bond donors (Lipinski definition) is 2. The van der Waals surface area contributed by atoms with Crippen LogP contribution in [0.3, 0.4) is 0 Å². The molecule has 0 amide bonds. The van der Waals surface area contributed by atoms with Crippen molar-refractivity contribution in [1.29, 1.82) is 0 Å². The number of aryl methyl sites for hydroxylation is 1. The van der Waals surface area contributed by atoms with E-state index in [0.717, 1.165) is 11.8 Å². The number of rotatable bonds is 10. The molecule has 0 aliphatic rings. The highest BCUT2D eigenvalue weighted by Crippen LogP contribution is 2.29. The molecule has 0 saturated heterocycles. The minimum atomic E-state index is -4.75. The predicted molar refractivity (Wildman–Crippen MR) is 139 cm³/mol. The summed E-state index contributed by atoms with van der Waals surface area (Å²) in [6.45, 7) is 1.87. The maximum absolute atomic E-state index is 12.7. The van der Waals surface area contributed by atoms with Gasteiger partial charge in [0.1, 0.15) is 16.5 Å². The number of nitrogens with one attached hydrogen (secondary N) is 1. The Labute approximate surface area is 225 Å². The van der Waals surface area contributed by atoms with Crippen LogP contribution in [0.5, 0.6) is 11.5 Å². The number of alkyl halides is 3. The number of benzene rings is 3. The number of hydrogen-bond acceptors (Lipinski definition) is 7. The van der Waals surface area contributed by atoms with Gasteiger partial charge in [-0.25, -0.2) is 18.2 Å². The Morgan fingerprint density at radius 1 is 1.03 bits per heavy atom. The first-order chi connectivity index (χ1) is 18.4. The number of anilines is 1. The molecule has 1 heterocycles. The van der Waals surface area contributed by atoms with E-state index >= 15 is 0 Å². The van der Waals surface area contributed by atoms with Gasteiger partial charge in [-0.05, 0) is 73.2 Å². The SMILES string of the molecule is Cc1ccc(S(=O)(=O)Nc2ccc(OCCc3csc(-c4ccc(OC(F)(F)F)cc4)n3)cc2)cc1C(=O)O. The van der Waals surface area contributed by atoms with Crippen LogP contribution in [0.2, 0.25) is 0 Å². The average Bonchev–Trinajstić information content (AvgIpc) is 3.33. The van der Waals surface area contributed by atoms with Crippen molar-refractivity contribution in [3.8, 4) is 22.1 Å². The van der Waals surface area contributed by atoms with Crippen LogP contribution in [0.1, 0.15) is 21.6 Å². The van der Waals surface area contributed by atoms with Crippen LogP contribution >= 0.6 is 11.3 Å². The number of thiazole rings is 1. The minimum Gasteiger partial charge on any atom is -0.493 e. The quantitative estimate of drug-likeness (QED) is 0.232. The van der Waals surface area contributed by atoms with Gasteiger partial charge in [0.25, 0.3) is 10.0 Å². The standard InChI is InChI=1S/C26H21F3N2O6S2/c1-16-2-11-22(14-23(16)25(32)33)39(34,35)31-18-5-9-20(10-6-18)36-13-12-19-15-38-24(30-19)17-3-7-21(8-4-17)37-26(27,28)29/h2-11,14-15,31H,12-13H2,1H3,(H,32,33). The van der Waals surface area contributed by atoms with Crippen LogP contribution in [-0.4, -0.2) is 37.4 Å². The second-order valence-corrected chi connectivity index (χ2v) is 10.8. The van der Waals surface area contributed by atoms with Gasteiger partial charge in [0.2, 0.25) is 0 Å². The van der Waals surface area contributed by atoms with Crippen molar-refractivity contribution in [2.45, 2.75) is 24.6 Å². The summed E-state index contributed by atoms with van der Waals surface area (Å²) >= 11 is 1.35. The molecule has 0 fully saturated rings. The van der Waals surface area contributed by atoms with Gasteiger partial charge in [-0.3, -0.25) is 4.72 Å². The van der Waals surface area contributed by atoms with E-state index in [0.29, 0.717) is 28.3 Å². The molecule has 0 aliphatic heterocycles. The van der Waals surface area contributed by atoms with Crippen molar-refractivity contribution in [1.82, 2.24) is 4.98 Å². The van der Waals surface area contributed by atoms with Gasteiger partial charge in [-0.1, -0.05) is 6.07 Å². The van der Waals surface area contributed by atoms with Crippen LogP contribution in [-0.2, 0) is 16.4 Å². The average molecular weight is 579 g/mol. The first-order valence-electron chi connectivity index (χ1n) is 11.3. The van der Waals surface area contributed by atoms with Crippen LogP contribution in [0.15, 0.2) is 77.0 Å². The third-order valence-electron chi connectivity index (χ3n) is 5.37. The van der Waals surface area contributed by atoms with Crippen LogP contribution < -0.4 is 14.2 Å². The van der Waals surface area contributed by atoms with E-state index in [-0.39, 0.29) is 28.5 Å². The third-order valence-corrected chi connectivity index (χ3v) is 7.69. The lowest BCUT2D eigenvalue weighted by atomic mass is 10.1. The molecule has 0 unspecified atom stereocenters. The Morgan fingerprint density at radius 2 is 1.69 bits per heavy atom. The van der Waals surface area contributed by atoms with Gasteiger partial charge in [0, 0.05) is 23.1 Å². The summed E-state index contributed by atoms with van der Waals surface area (Å²) < 4.78 is 74.3. The summed E-state index contributed by atoms with van der Waals surface area (Å²) in [5.74, 6) is -1.02. The largest absolute Gasteiger partial charge is 0.573 e. The number of sulfonamides is 1. The predicted octanol–water partition coefficient (Wildman–Crippen LogP) is 6.14. The van der Waals surface area contributed by atoms with Crippen molar-refractivity contribution >= 4 is 33.0 Å². The molecule has 2 N–H and O–H groups in total. The Balaban J connectivity index is 1.31. The molecule has 0 aliphatic carbocycles. The summed E-state index contributed by atoms with van der Waals surface area (Å²) in [7, 11) is -4.00. The van der Waals surface area contributed by atoms with E-state index in [2.05, 4.69) is 14.4 Å². The summed E-state index contributed by atoms with van der Waals surface area (Å²) in [4.78, 5) is 15.6. The normalized spacial score (nSPS) is 11.7. The molecule has 8 nitrogen and oxygen atoms in total. The molecule has 0 atom stereocenters. The fourth-order valence-electron chi connectivity index (χ4n) is 3.46. The molecule has 39 heavy (non-hydrogen) atoms. The highest BCUT2D eigenvalue weighted by Gasteiger charge is 2.31. The van der Waals surface area contributed by atoms with E-state index < -0.39 is 22.4 Å². The van der Waals surface area contributed by atoms with Gasteiger partial charge in [-0.2, -0.15) is 0 Å². The number of carboxylic acid groups (broad SMARTS) is 1. The van der Waals surface area contributed by atoms with Gasteiger partial charge in [0.15, 0.2) is 0 Å². The number of aromatic nitrogens is 1. The zero-order valence-corrected chi connectivity index (χ0v) is 21.9. The Kier molecular flexibility index (Phi) is 8.11. The van der Waals surface area contributed by atoms with Crippen LogP contribution in [0, 0.1) is 6.92 Å². The molecular weight excluding hydrogens is 557 g/mol. The lowest BCUT2D eigenvalue weighted by Crippen LogP contribution is -2.16. The second-order valence-electron chi connectivity index (χ2n) is 8.23. The van der Waals surface area contributed by atoms with Crippen LogP contribution in [0.4, 0.5) is 18.9 Å². The molecule has 4 rings (SSSR count). The monoisotopic (exact) mass is 578 g/mol. The van der Waals surface area contributed by atoms with Crippen molar-refractivity contribution < 1.29 is 41.0 Å². The molecule has 13 heteroatoms. The van der Waals surface area contributed by atoms with E-state index in [1.807, 2.05) is 5.38 Å². The number of halogens is 3. The Morgan fingerprint density at radius 3 is 2.33 bits per heavy atom. The Bertz CT molecular complexity index is 1570. The molecule has 3 aromatic carbocycles. The molecule has 4 aromatic rings. The molecule has 1 aromatic heterocycles. The van der Waals surface area contributed by atoms with Gasteiger partial charge >= 0.3 is 12.3 Å². The molecule has 0 spiro atoms. The molecule has 0 bridgehead atoms. The smallest absolute Gasteiger partial charge is 0.493 e. The lowest BCUT2D eigenvalue weighted by molar-refractivity contribution is -0.274. The van der Waals surface area contributed by atoms with E-state index in [4.69, 9.17) is 4.74 Å². The number of carboxylic acids is 1. The van der Waals surface area contributed by atoms with Gasteiger partial charge in [0.05, 0.1) is 22.8 Å². The molecular formula is C26H21F3N2O6S2. The summed E-state index contributed by atoms with van der Waals surface area (Å²) in [6, 6.07) is 15.6. The topological polar surface area (TPSA) is 115 Å². The van der Waals surface area contributed by atoms with Crippen molar-refractivity contribution in [3.05, 3.63) is 88.9 Å². The first-order valence-corrected chi connectivity index (χ1v) is 13.7. The lowest BCUT2D eigenvalue weighted by Gasteiger charge is -2.11. The summed E-state index contributed by atoms with van der Waals surface area (Å²) in [5, 5.41) is 11.7. The highest BCUT2D eigenvalue weighted by atomic mass is 32.2. The second kappa shape index (κ2) is 11.3. The third kappa shape index (κ3) is 7.48. The zero-order valence-electron chi connectivity index (χ0n) is 20.2. The summed E-state index contributed by atoms with van der Waals surface area (Å²) in [5.41, 5.74) is 2.03. The van der Waals surface area contributed by atoms with Crippen LogP contribution in [0.25, 0.3) is 10.6 Å². The molecule has 0 saturated carbocycles. The number of carbonyl (C=O) groups is 1. The summed E-state index contributed by atoms with van der Waals surface area (Å²) in [6.07, 6.45) is -4.28. The number of ether oxygens (including phenoxy) is 2. The fraction of sp³-hybridized carbons (Fsp3) is 0.154. The fourth-order valence-corrected chi connectivity index (χ4v) is 5.40. The number of aromatic carboxylic acids is 1. The molecule has 0 radical (unpaired) electrons. The van der Waals surface area contributed by atoms with Gasteiger partial charge < -0.3 is 14.6 Å². The Hall–Kier alpha value is -4.10. The first kappa shape index (κ1) is 27.9. The van der Waals surface area contributed by atoms with Gasteiger partial charge in [-0.15, -0.1) is 24.5 Å². The number of nitrogens with zero attached hydrogens (tertiary/aromatic N) is 1. The highest BCUT2D eigenvalue weighted by molar-refractivity contribution is 7.92.